The largest absolute Gasteiger partial charge is 0.481 e. The second-order valence-electron chi connectivity index (χ2n) is 4.10. The van der Waals surface area contributed by atoms with Crippen molar-refractivity contribution in [1.29, 1.82) is 0 Å². The van der Waals surface area contributed by atoms with Gasteiger partial charge in [-0.05, 0) is 18.1 Å². The van der Waals surface area contributed by atoms with E-state index in [4.69, 9.17) is 5.11 Å². The van der Waals surface area contributed by atoms with Crippen molar-refractivity contribution in [1.82, 2.24) is 9.38 Å². The van der Waals surface area contributed by atoms with Gasteiger partial charge < -0.3 is 9.51 Å². The molecular formula is C12H14N2O2. The Morgan fingerprint density at radius 3 is 2.88 bits per heavy atom. The number of aromatic nitrogens is 2. The lowest BCUT2D eigenvalue weighted by Crippen LogP contribution is -2.06. The summed E-state index contributed by atoms with van der Waals surface area (Å²) in [5, 5.41) is 8.91. The summed E-state index contributed by atoms with van der Waals surface area (Å²) in [4.78, 5) is 15.3. The van der Waals surface area contributed by atoms with Gasteiger partial charge >= 0.3 is 5.97 Å². The van der Waals surface area contributed by atoms with Crippen LogP contribution >= 0.6 is 0 Å². The molecule has 2 rings (SSSR count). The number of pyridine rings is 1. The molecular weight excluding hydrogens is 204 g/mol. The second kappa shape index (κ2) is 3.96. The molecule has 0 amide bonds. The summed E-state index contributed by atoms with van der Waals surface area (Å²) in [7, 11) is 0. The Morgan fingerprint density at radius 2 is 2.25 bits per heavy atom. The number of carboxylic acid groups (broad SMARTS) is 1. The number of imidazole rings is 1. The fraction of sp³-hybridized carbons (Fsp3) is 0.333. The smallest absolute Gasteiger partial charge is 0.309 e. The van der Waals surface area contributed by atoms with Crippen molar-refractivity contribution in [3.63, 3.8) is 0 Å². The van der Waals surface area contributed by atoms with Crippen LogP contribution < -0.4 is 0 Å². The highest BCUT2D eigenvalue weighted by molar-refractivity contribution is 5.70. The minimum absolute atomic E-state index is 0.0126. The Balaban J connectivity index is 2.64. The highest BCUT2D eigenvalue weighted by atomic mass is 16.4. The third-order valence-corrected chi connectivity index (χ3v) is 2.53. The van der Waals surface area contributed by atoms with Crippen molar-refractivity contribution in [3.05, 3.63) is 35.8 Å². The molecule has 4 heteroatoms. The minimum Gasteiger partial charge on any atom is -0.481 e. The van der Waals surface area contributed by atoms with Gasteiger partial charge in [0.2, 0.25) is 0 Å². The molecule has 1 N–H and O–H groups in total. The van der Waals surface area contributed by atoms with Gasteiger partial charge in [-0.2, -0.15) is 0 Å². The molecule has 0 radical (unpaired) electrons. The predicted molar refractivity (Wildman–Crippen MR) is 60.6 cm³/mol. The monoisotopic (exact) mass is 218 g/mol. The molecule has 0 saturated heterocycles. The van der Waals surface area contributed by atoms with Crippen LogP contribution in [-0.4, -0.2) is 20.5 Å². The van der Waals surface area contributed by atoms with Gasteiger partial charge in [0.05, 0.1) is 17.8 Å². The normalized spacial score (nSPS) is 11.2. The van der Waals surface area contributed by atoms with Crippen LogP contribution in [-0.2, 0) is 11.2 Å². The van der Waals surface area contributed by atoms with Crippen molar-refractivity contribution in [2.24, 2.45) is 0 Å². The maximum absolute atomic E-state index is 10.8. The van der Waals surface area contributed by atoms with Gasteiger partial charge in [0.15, 0.2) is 0 Å². The predicted octanol–water partition coefficient (Wildman–Crippen LogP) is 2.08. The second-order valence-corrected chi connectivity index (χ2v) is 4.10. The maximum Gasteiger partial charge on any atom is 0.309 e. The zero-order chi connectivity index (χ0) is 11.7. The lowest BCUT2D eigenvalue weighted by Gasteiger charge is -2.04. The first-order chi connectivity index (χ1) is 7.59. The molecule has 16 heavy (non-hydrogen) atoms. The summed E-state index contributed by atoms with van der Waals surface area (Å²) in [6, 6.07) is 5.67. The number of aliphatic carboxylic acids is 1. The van der Waals surface area contributed by atoms with E-state index >= 15 is 0 Å². The third kappa shape index (κ3) is 1.78. The van der Waals surface area contributed by atoms with Gasteiger partial charge in [0.1, 0.15) is 5.65 Å². The summed E-state index contributed by atoms with van der Waals surface area (Å²) in [5.74, 6) is -0.596. The number of carbonyl (C=O) groups is 1. The van der Waals surface area contributed by atoms with Gasteiger partial charge in [-0.15, -0.1) is 0 Å². The number of carboxylic acids is 1. The van der Waals surface area contributed by atoms with Gasteiger partial charge in [-0.25, -0.2) is 4.98 Å². The molecule has 0 atom stereocenters. The highest BCUT2D eigenvalue weighted by Crippen LogP contribution is 2.21. The van der Waals surface area contributed by atoms with Crippen molar-refractivity contribution in [2.45, 2.75) is 26.2 Å². The first kappa shape index (κ1) is 10.7. The Hall–Kier alpha value is -1.84. The van der Waals surface area contributed by atoms with Gasteiger partial charge in [-0.3, -0.25) is 4.79 Å². The van der Waals surface area contributed by atoms with Gasteiger partial charge in [0, 0.05) is 6.20 Å². The Labute approximate surface area is 93.5 Å². The molecule has 0 aliphatic carbocycles. The van der Waals surface area contributed by atoms with Crippen LogP contribution in [0, 0.1) is 0 Å². The lowest BCUT2D eigenvalue weighted by molar-refractivity contribution is -0.136. The summed E-state index contributed by atoms with van der Waals surface area (Å²) >= 11 is 0. The minimum atomic E-state index is -0.826. The molecule has 0 saturated carbocycles. The van der Waals surface area contributed by atoms with Crippen molar-refractivity contribution in [3.8, 4) is 0 Å². The third-order valence-electron chi connectivity index (χ3n) is 2.53. The molecule has 2 aromatic rings. The van der Waals surface area contributed by atoms with E-state index in [-0.39, 0.29) is 12.3 Å². The molecule has 2 heterocycles. The zero-order valence-corrected chi connectivity index (χ0v) is 9.34. The summed E-state index contributed by atoms with van der Waals surface area (Å²) in [5.41, 5.74) is 2.45. The van der Waals surface area contributed by atoms with Crippen LogP contribution in [0.25, 0.3) is 5.65 Å². The van der Waals surface area contributed by atoms with E-state index in [9.17, 15) is 4.79 Å². The molecule has 4 nitrogen and oxygen atoms in total. The van der Waals surface area contributed by atoms with Crippen LogP contribution in [0.1, 0.15) is 31.2 Å². The first-order valence-electron chi connectivity index (χ1n) is 5.27. The molecule has 0 aliphatic rings. The summed E-state index contributed by atoms with van der Waals surface area (Å²) in [6.07, 6.45) is 1.87. The van der Waals surface area contributed by atoms with Crippen molar-refractivity contribution in [2.75, 3.05) is 0 Å². The van der Waals surface area contributed by atoms with E-state index in [2.05, 4.69) is 4.98 Å². The molecule has 2 aromatic heterocycles. The topological polar surface area (TPSA) is 54.6 Å². The number of hydrogen-bond acceptors (Lipinski definition) is 2. The first-order valence-corrected chi connectivity index (χ1v) is 5.27. The SMILES string of the molecule is CC(C)c1nc2ccccn2c1CC(=O)O. The molecule has 0 aromatic carbocycles. The number of rotatable bonds is 3. The molecule has 0 bridgehead atoms. The van der Waals surface area contributed by atoms with Crippen LogP contribution in [0.4, 0.5) is 0 Å². The molecule has 84 valence electrons. The van der Waals surface area contributed by atoms with Gasteiger partial charge in [0.25, 0.3) is 0 Å². The summed E-state index contributed by atoms with van der Waals surface area (Å²) < 4.78 is 1.85. The number of fused-ring (bicyclic) bond motifs is 1. The maximum atomic E-state index is 10.8. The van der Waals surface area contributed by atoms with E-state index in [1.165, 1.54) is 0 Å². The Bertz CT molecular complexity index is 529. The lowest BCUT2D eigenvalue weighted by atomic mass is 10.1. The van der Waals surface area contributed by atoms with E-state index < -0.39 is 5.97 Å². The Morgan fingerprint density at radius 1 is 1.50 bits per heavy atom. The fourth-order valence-electron chi connectivity index (χ4n) is 1.85. The van der Waals surface area contributed by atoms with Crippen molar-refractivity contribution >= 4 is 11.6 Å². The molecule has 0 fully saturated rings. The van der Waals surface area contributed by atoms with Crippen LogP contribution in [0.5, 0.6) is 0 Å². The van der Waals surface area contributed by atoms with Crippen LogP contribution in [0.15, 0.2) is 24.4 Å². The average Bonchev–Trinajstić information content (AvgIpc) is 2.57. The summed E-state index contributed by atoms with van der Waals surface area (Å²) in [6.45, 7) is 4.04. The van der Waals surface area contributed by atoms with E-state index in [0.717, 1.165) is 17.0 Å². The molecule has 0 unspecified atom stereocenters. The van der Waals surface area contributed by atoms with Gasteiger partial charge in [-0.1, -0.05) is 19.9 Å². The molecule has 0 aliphatic heterocycles. The van der Waals surface area contributed by atoms with E-state index in [0.29, 0.717) is 0 Å². The highest BCUT2D eigenvalue weighted by Gasteiger charge is 2.16. The standard InChI is InChI=1S/C12H14N2O2/c1-8(2)12-9(7-11(15)16)14-6-4-3-5-10(14)13-12/h3-6,8H,7H2,1-2H3,(H,15,16). The Kier molecular flexibility index (Phi) is 2.64. The average molecular weight is 218 g/mol. The number of nitrogens with zero attached hydrogens (tertiary/aromatic N) is 2. The quantitative estimate of drug-likeness (QED) is 0.858. The van der Waals surface area contributed by atoms with Crippen LogP contribution in [0.3, 0.4) is 0 Å². The van der Waals surface area contributed by atoms with Crippen LogP contribution in [0.2, 0.25) is 0 Å². The zero-order valence-electron chi connectivity index (χ0n) is 9.34. The van der Waals surface area contributed by atoms with Crippen molar-refractivity contribution < 1.29 is 9.90 Å². The van der Waals surface area contributed by atoms with E-state index in [1.807, 2.05) is 42.6 Å². The fourth-order valence-corrected chi connectivity index (χ4v) is 1.85. The molecule has 0 spiro atoms. The van der Waals surface area contributed by atoms with E-state index in [1.54, 1.807) is 0 Å². The number of hydrogen-bond donors (Lipinski definition) is 1.